The van der Waals surface area contributed by atoms with Gasteiger partial charge >= 0.3 is 0 Å². The zero-order valence-electron chi connectivity index (χ0n) is 15.3. The molecule has 0 bridgehead atoms. The van der Waals surface area contributed by atoms with Gasteiger partial charge in [-0.1, -0.05) is 42.8 Å². The van der Waals surface area contributed by atoms with Gasteiger partial charge in [0.1, 0.15) is 5.75 Å². The first-order valence-electron chi connectivity index (χ1n) is 8.44. The Morgan fingerprint density at radius 3 is 2.42 bits per heavy atom. The number of rotatable bonds is 6. The Kier molecular flexibility index (Phi) is 6.02. The molecular formula is C21H27NO2. The fourth-order valence-corrected chi connectivity index (χ4v) is 3.10. The summed E-state index contributed by atoms with van der Waals surface area (Å²) in [7, 11) is 1.66. The van der Waals surface area contributed by atoms with E-state index in [9.17, 15) is 4.79 Å². The van der Waals surface area contributed by atoms with E-state index in [1.54, 1.807) is 7.11 Å². The van der Waals surface area contributed by atoms with E-state index in [0.29, 0.717) is 6.42 Å². The Labute approximate surface area is 145 Å². The van der Waals surface area contributed by atoms with E-state index in [0.717, 1.165) is 23.3 Å². The number of methoxy groups -OCH3 is 1. The SMILES string of the molecule is CCC(NC(=O)Cc1ccc(OC)c(C)c1)c1ccc(C)cc1C. The fourth-order valence-electron chi connectivity index (χ4n) is 3.10. The molecule has 1 unspecified atom stereocenters. The maximum Gasteiger partial charge on any atom is 0.224 e. The van der Waals surface area contributed by atoms with E-state index in [2.05, 4.69) is 44.3 Å². The molecule has 0 spiro atoms. The average Bonchev–Trinajstić information content (AvgIpc) is 2.53. The summed E-state index contributed by atoms with van der Waals surface area (Å²) in [5.74, 6) is 0.896. The van der Waals surface area contributed by atoms with E-state index in [4.69, 9.17) is 4.74 Å². The summed E-state index contributed by atoms with van der Waals surface area (Å²) in [6.07, 6.45) is 1.25. The van der Waals surface area contributed by atoms with Gasteiger partial charge in [0.15, 0.2) is 0 Å². The van der Waals surface area contributed by atoms with Crippen molar-refractivity contribution in [3.05, 3.63) is 64.2 Å². The highest BCUT2D eigenvalue weighted by molar-refractivity contribution is 5.79. The third-order valence-corrected chi connectivity index (χ3v) is 4.37. The second kappa shape index (κ2) is 8.00. The van der Waals surface area contributed by atoms with Crippen LogP contribution in [-0.2, 0) is 11.2 Å². The van der Waals surface area contributed by atoms with E-state index in [1.165, 1.54) is 16.7 Å². The largest absolute Gasteiger partial charge is 0.496 e. The van der Waals surface area contributed by atoms with Gasteiger partial charge in [0.2, 0.25) is 5.91 Å². The molecule has 2 rings (SSSR count). The normalized spacial score (nSPS) is 11.9. The van der Waals surface area contributed by atoms with Crippen LogP contribution >= 0.6 is 0 Å². The number of hydrogen-bond donors (Lipinski definition) is 1. The number of nitrogens with one attached hydrogen (secondary N) is 1. The quantitative estimate of drug-likeness (QED) is 0.853. The predicted octanol–water partition coefficient (Wildman–Crippen LogP) is 4.43. The van der Waals surface area contributed by atoms with Crippen LogP contribution in [0.5, 0.6) is 5.75 Å². The van der Waals surface area contributed by atoms with Gasteiger partial charge in [0, 0.05) is 0 Å². The molecule has 0 saturated heterocycles. The van der Waals surface area contributed by atoms with Crippen molar-refractivity contribution < 1.29 is 9.53 Å². The van der Waals surface area contributed by atoms with Crippen molar-refractivity contribution in [2.45, 2.75) is 46.6 Å². The average molecular weight is 325 g/mol. The maximum atomic E-state index is 12.5. The van der Waals surface area contributed by atoms with Gasteiger partial charge < -0.3 is 10.1 Å². The number of hydrogen-bond acceptors (Lipinski definition) is 2. The van der Waals surface area contributed by atoms with Crippen LogP contribution in [0.2, 0.25) is 0 Å². The second-order valence-electron chi connectivity index (χ2n) is 6.37. The lowest BCUT2D eigenvalue weighted by Gasteiger charge is -2.20. The predicted molar refractivity (Wildman–Crippen MR) is 98.5 cm³/mol. The minimum atomic E-state index is 0.0476. The molecule has 3 nitrogen and oxygen atoms in total. The highest BCUT2D eigenvalue weighted by atomic mass is 16.5. The summed E-state index contributed by atoms with van der Waals surface area (Å²) in [5, 5.41) is 3.17. The molecule has 0 heterocycles. The van der Waals surface area contributed by atoms with Crippen molar-refractivity contribution in [3.8, 4) is 5.75 Å². The monoisotopic (exact) mass is 325 g/mol. The Morgan fingerprint density at radius 1 is 1.08 bits per heavy atom. The first-order valence-corrected chi connectivity index (χ1v) is 8.44. The summed E-state index contributed by atoms with van der Waals surface area (Å²) in [6.45, 7) is 8.28. The molecular weight excluding hydrogens is 298 g/mol. The molecule has 128 valence electrons. The molecule has 0 aliphatic carbocycles. The van der Waals surface area contributed by atoms with E-state index in [1.807, 2.05) is 25.1 Å². The summed E-state index contributed by atoms with van der Waals surface area (Å²) in [4.78, 5) is 12.5. The van der Waals surface area contributed by atoms with Crippen LogP contribution in [0, 0.1) is 20.8 Å². The van der Waals surface area contributed by atoms with Gasteiger partial charge in [-0.15, -0.1) is 0 Å². The molecule has 0 radical (unpaired) electrons. The molecule has 24 heavy (non-hydrogen) atoms. The lowest BCUT2D eigenvalue weighted by molar-refractivity contribution is -0.121. The first-order chi connectivity index (χ1) is 11.4. The smallest absolute Gasteiger partial charge is 0.224 e. The lowest BCUT2D eigenvalue weighted by atomic mass is 9.97. The van der Waals surface area contributed by atoms with Crippen LogP contribution in [-0.4, -0.2) is 13.0 Å². The summed E-state index contributed by atoms with van der Waals surface area (Å²) >= 11 is 0. The third-order valence-electron chi connectivity index (χ3n) is 4.37. The molecule has 0 saturated carbocycles. The van der Waals surface area contributed by atoms with Crippen molar-refractivity contribution >= 4 is 5.91 Å². The van der Waals surface area contributed by atoms with Gasteiger partial charge in [-0.3, -0.25) is 4.79 Å². The van der Waals surface area contributed by atoms with E-state index in [-0.39, 0.29) is 11.9 Å². The molecule has 0 fully saturated rings. The van der Waals surface area contributed by atoms with Crippen LogP contribution in [0.3, 0.4) is 0 Å². The highest BCUT2D eigenvalue weighted by Crippen LogP contribution is 2.22. The third kappa shape index (κ3) is 4.38. The fraction of sp³-hybridized carbons (Fsp3) is 0.381. The molecule has 1 amide bonds. The maximum absolute atomic E-state index is 12.5. The van der Waals surface area contributed by atoms with Crippen LogP contribution in [0.1, 0.15) is 47.2 Å². The Balaban J connectivity index is 2.08. The molecule has 0 aliphatic rings. The van der Waals surface area contributed by atoms with Gasteiger partial charge in [0.25, 0.3) is 0 Å². The van der Waals surface area contributed by atoms with Gasteiger partial charge in [-0.05, 0) is 55.5 Å². The summed E-state index contributed by atoms with van der Waals surface area (Å²) in [5.41, 5.74) is 5.71. The highest BCUT2D eigenvalue weighted by Gasteiger charge is 2.15. The van der Waals surface area contributed by atoms with Crippen molar-refractivity contribution in [1.29, 1.82) is 0 Å². The molecule has 0 aromatic heterocycles. The van der Waals surface area contributed by atoms with Crippen molar-refractivity contribution in [2.75, 3.05) is 7.11 Å². The first kappa shape index (κ1) is 18.1. The molecule has 3 heteroatoms. The minimum absolute atomic E-state index is 0.0476. The number of ether oxygens (including phenoxy) is 1. The number of aryl methyl sites for hydroxylation is 3. The minimum Gasteiger partial charge on any atom is -0.496 e. The van der Waals surface area contributed by atoms with Crippen LogP contribution < -0.4 is 10.1 Å². The van der Waals surface area contributed by atoms with Crippen molar-refractivity contribution in [3.63, 3.8) is 0 Å². The van der Waals surface area contributed by atoms with E-state index < -0.39 is 0 Å². The van der Waals surface area contributed by atoms with Crippen LogP contribution in [0.4, 0.5) is 0 Å². The zero-order valence-corrected chi connectivity index (χ0v) is 15.3. The van der Waals surface area contributed by atoms with Crippen LogP contribution in [0.15, 0.2) is 36.4 Å². The van der Waals surface area contributed by atoms with Crippen molar-refractivity contribution in [2.24, 2.45) is 0 Å². The summed E-state index contributed by atoms with van der Waals surface area (Å²) in [6, 6.07) is 12.3. The molecule has 2 aromatic rings. The number of carbonyl (C=O) groups is 1. The van der Waals surface area contributed by atoms with Gasteiger partial charge in [-0.25, -0.2) is 0 Å². The standard InChI is InChI=1S/C21H27NO2/c1-6-19(18-9-7-14(2)11-15(18)3)22-21(23)13-17-8-10-20(24-5)16(4)12-17/h7-12,19H,6,13H2,1-5H3,(H,22,23). The Morgan fingerprint density at radius 2 is 1.83 bits per heavy atom. The molecule has 1 atom stereocenters. The number of amides is 1. The lowest BCUT2D eigenvalue weighted by Crippen LogP contribution is -2.30. The van der Waals surface area contributed by atoms with Crippen molar-refractivity contribution in [1.82, 2.24) is 5.32 Å². The second-order valence-corrected chi connectivity index (χ2v) is 6.37. The number of carbonyl (C=O) groups excluding carboxylic acids is 1. The molecule has 1 N–H and O–H groups in total. The topological polar surface area (TPSA) is 38.3 Å². The van der Waals surface area contributed by atoms with E-state index >= 15 is 0 Å². The number of benzene rings is 2. The molecule has 0 aliphatic heterocycles. The van der Waals surface area contributed by atoms with Gasteiger partial charge in [-0.2, -0.15) is 0 Å². The zero-order chi connectivity index (χ0) is 17.7. The summed E-state index contributed by atoms with van der Waals surface area (Å²) < 4.78 is 5.27. The van der Waals surface area contributed by atoms with Gasteiger partial charge in [0.05, 0.1) is 19.6 Å². The van der Waals surface area contributed by atoms with Crippen LogP contribution in [0.25, 0.3) is 0 Å². The molecule has 2 aromatic carbocycles. The Hall–Kier alpha value is -2.29. The Bertz CT molecular complexity index is 722.